The molecule has 0 aliphatic rings. The van der Waals surface area contributed by atoms with Crippen LogP contribution in [0.15, 0.2) is 36.5 Å². The summed E-state index contributed by atoms with van der Waals surface area (Å²) in [5.74, 6) is 0. The Balaban J connectivity index is 0.000000167. The number of nitrogens with one attached hydrogen (secondary N) is 1. The Morgan fingerprint density at radius 1 is 1.13 bits per heavy atom. The van der Waals surface area contributed by atoms with Gasteiger partial charge in [0.05, 0.1) is 0 Å². The van der Waals surface area contributed by atoms with E-state index in [2.05, 4.69) is 46.1 Å². The first-order chi connectivity index (χ1) is 7.38. The van der Waals surface area contributed by atoms with E-state index in [1.807, 2.05) is 18.3 Å². The SMILES string of the molecule is CCCCC[SeH].c1ccc2[nH]ccc2c1. The number of aromatic amines is 1. The van der Waals surface area contributed by atoms with Crippen molar-refractivity contribution >= 4 is 26.9 Å². The van der Waals surface area contributed by atoms with Crippen molar-refractivity contribution in [3.8, 4) is 0 Å². The quantitative estimate of drug-likeness (QED) is 0.646. The van der Waals surface area contributed by atoms with E-state index in [9.17, 15) is 0 Å². The van der Waals surface area contributed by atoms with Gasteiger partial charge in [0.25, 0.3) is 0 Å². The largest absolute Gasteiger partial charge is 0.361 e. The van der Waals surface area contributed by atoms with Crippen LogP contribution in [0, 0.1) is 0 Å². The van der Waals surface area contributed by atoms with Crippen LogP contribution in [0.4, 0.5) is 0 Å². The maximum absolute atomic E-state index is 3.12. The molecule has 82 valence electrons. The van der Waals surface area contributed by atoms with Crippen LogP contribution in [0.1, 0.15) is 26.2 Å². The fraction of sp³-hybridized carbons (Fsp3) is 0.385. The minimum atomic E-state index is 1.21. The molecule has 1 heterocycles. The first-order valence-electron chi connectivity index (χ1n) is 5.51. The van der Waals surface area contributed by atoms with E-state index in [0.29, 0.717) is 0 Å². The summed E-state index contributed by atoms with van der Waals surface area (Å²) in [7, 11) is 0. The van der Waals surface area contributed by atoms with E-state index in [1.54, 1.807) is 0 Å². The molecule has 2 rings (SSSR count). The Labute approximate surface area is 100 Å². The molecule has 2 heteroatoms. The number of aromatic nitrogens is 1. The van der Waals surface area contributed by atoms with Gasteiger partial charge in [0.2, 0.25) is 0 Å². The number of para-hydroxylation sites is 1. The summed E-state index contributed by atoms with van der Waals surface area (Å²) in [4.78, 5) is 3.12. The predicted octanol–water partition coefficient (Wildman–Crippen LogP) is 3.66. The molecular weight excluding hydrogens is 249 g/mol. The van der Waals surface area contributed by atoms with E-state index in [0.717, 1.165) is 0 Å². The Morgan fingerprint density at radius 2 is 1.93 bits per heavy atom. The van der Waals surface area contributed by atoms with Gasteiger partial charge < -0.3 is 4.98 Å². The molecule has 0 spiro atoms. The fourth-order valence-electron chi connectivity index (χ4n) is 1.36. The van der Waals surface area contributed by atoms with Crippen molar-refractivity contribution in [2.45, 2.75) is 31.5 Å². The Morgan fingerprint density at radius 3 is 2.53 bits per heavy atom. The summed E-state index contributed by atoms with van der Waals surface area (Å²) in [6, 6.07) is 10.3. The summed E-state index contributed by atoms with van der Waals surface area (Å²) in [5, 5.41) is 2.57. The molecule has 0 amide bonds. The number of unbranched alkanes of at least 4 members (excludes halogenated alkanes) is 2. The zero-order valence-electron chi connectivity index (χ0n) is 9.24. The molecule has 1 aromatic carbocycles. The number of H-pyrrole nitrogens is 1. The fourth-order valence-corrected chi connectivity index (χ4v) is 1.83. The van der Waals surface area contributed by atoms with Gasteiger partial charge in [-0.15, -0.1) is 0 Å². The van der Waals surface area contributed by atoms with Gasteiger partial charge in [0, 0.05) is 11.7 Å². The van der Waals surface area contributed by atoms with Crippen LogP contribution < -0.4 is 0 Å². The summed E-state index contributed by atoms with van der Waals surface area (Å²) in [6.07, 6.45) is 6.08. The van der Waals surface area contributed by atoms with Crippen molar-refractivity contribution in [2.75, 3.05) is 0 Å². The topological polar surface area (TPSA) is 15.8 Å². The third-order valence-electron chi connectivity index (χ3n) is 2.22. The Hall–Kier alpha value is -0.721. The van der Waals surface area contributed by atoms with Crippen molar-refractivity contribution in [1.29, 1.82) is 0 Å². The van der Waals surface area contributed by atoms with Gasteiger partial charge in [-0.25, -0.2) is 0 Å². The summed E-state index contributed by atoms with van der Waals surface area (Å²) >= 11 is 2.60. The van der Waals surface area contributed by atoms with Crippen molar-refractivity contribution in [1.82, 2.24) is 4.98 Å². The molecule has 1 N–H and O–H groups in total. The maximum atomic E-state index is 3.12. The van der Waals surface area contributed by atoms with Crippen LogP contribution in [0.3, 0.4) is 0 Å². The molecule has 0 aliphatic heterocycles. The number of hydrogen-bond acceptors (Lipinski definition) is 0. The zero-order valence-corrected chi connectivity index (χ0v) is 11.1. The molecule has 15 heavy (non-hydrogen) atoms. The van der Waals surface area contributed by atoms with Gasteiger partial charge in [0.15, 0.2) is 0 Å². The van der Waals surface area contributed by atoms with Crippen LogP contribution in [-0.2, 0) is 0 Å². The van der Waals surface area contributed by atoms with E-state index in [1.165, 1.54) is 35.5 Å². The van der Waals surface area contributed by atoms with Crippen molar-refractivity contribution in [3.05, 3.63) is 36.5 Å². The van der Waals surface area contributed by atoms with E-state index in [4.69, 9.17) is 0 Å². The molecule has 0 saturated heterocycles. The third kappa shape index (κ3) is 4.55. The molecule has 0 fully saturated rings. The molecule has 1 nitrogen and oxygen atoms in total. The van der Waals surface area contributed by atoms with Crippen LogP contribution in [-0.4, -0.2) is 21.0 Å². The molecule has 0 saturated carbocycles. The maximum Gasteiger partial charge on any atom is 0.0453 e. The second-order valence-electron chi connectivity index (χ2n) is 3.50. The molecule has 0 radical (unpaired) electrons. The average Bonchev–Trinajstić information content (AvgIpc) is 2.75. The molecule has 2 aromatic rings. The van der Waals surface area contributed by atoms with Gasteiger partial charge in [-0.2, -0.15) is 0 Å². The van der Waals surface area contributed by atoms with Gasteiger partial charge in [-0.1, -0.05) is 18.2 Å². The summed E-state index contributed by atoms with van der Waals surface area (Å²) in [5.41, 5.74) is 1.21. The predicted molar refractivity (Wildman–Crippen MR) is 69.8 cm³/mol. The Kier molecular flexibility index (Phi) is 6.22. The van der Waals surface area contributed by atoms with Gasteiger partial charge in [-0.05, 0) is 17.5 Å². The van der Waals surface area contributed by atoms with Crippen LogP contribution in [0.25, 0.3) is 10.9 Å². The summed E-state index contributed by atoms with van der Waals surface area (Å²) < 4.78 is 0. The smallest absolute Gasteiger partial charge is 0.0453 e. The minimum Gasteiger partial charge on any atom is -0.361 e. The van der Waals surface area contributed by atoms with Crippen LogP contribution in [0.5, 0.6) is 0 Å². The average molecular weight is 268 g/mol. The standard InChI is InChI=1S/C8H7N.C5H12Se/c1-2-4-8-7(3-1)5-6-9-8;1-2-3-4-5-6/h1-6,9H;6H,2-5H2,1H3. The van der Waals surface area contributed by atoms with Crippen LogP contribution in [0.2, 0.25) is 5.32 Å². The molecular formula is C13H19NSe. The normalized spacial score (nSPS) is 9.73. The first-order valence-corrected chi connectivity index (χ1v) is 6.84. The minimum absolute atomic E-state index is 1.21. The van der Waals surface area contributed by atoms with Crippen molar-refractivity contribution < 1.29 is 0 Å². The molecule has 0 atom stereocenters. The molecule has 1 aromatic heterocycles. The third-order valence-corrected chi connectivity index (χ3v) is 2.89. The number of benzene rings is 1. The van der Waals surface area contributed by atoms with E-state index >= 15 is 0 Å². The van der Waals surface area contributed by atoms with Gasteiger partial charge in [-0.3, -0.25) is 0 Å². The molecule has 0 unspecified atom stereocenters. The second-order valence-corrected chi connectivity index (χ2v) is 4.43. The number of fused-ring (bicyclic) bond motifs is 1. The summed E-state index contributed by atoms with van der Waals surface area (Å²) in [6.45, 7) is 2.22. The first kappa shape index (κ1) is 12.3. The number of hydrogen-bond donors (Lipinski definition) is 1. The van der Waals surface area contributed by atoms with Crippen molar-refractivity contribution in [3.63, 3.8) is 0 Å². The molecule has 0 bridgehead atoms. The van der Waals surface area contributed by atoms with E-state index in [-0.39, 0.29) is 0 Å². The second kappa shape index (κ2) is 7.56. The van der Waals surface area contributed by atoms with Gasteiger partial charge in [0.1, 0.15) is 0 Å². The molecule has 0 aliphatic carbocycles. The van der Waals surface area contributed by atoms with E-state index < -0.39 is 0 Å². The zero-order chi connectivity index (χ0) is 10.9. The Bertz CT molecular complexity index is 333. The van der Waals surface area contributed by atoms with Crippen molar-refractivity contribution in [2.24, 2.45) is 0 Å². The number of rotatable bonds is 3. The van der Waals surface area contributed by atoms with Gasteiger partial charge >= 0.3 is 47.5 Å². The monoisotopic (exact) mass is 269 g/mol. The van der Waals surface area contributed by atoms with Crippen LogP contribution >= 0.6 is 0 Å².